The minimum Gasteiger partial charge on any atom is -0.478 e. The van der Waals surface area contributed by atoms with E-state index in [9.17, 15) is 14.4 Å². The van der Waals surface area contributed by atoms with Crippen LogP contribution >= 0.6 is 11.6 Å². The van der Waals surface area contributed by atoms with Crippen molar-refractivity contribution in [3.63, 3.8) is 0 Å². The summed E-state index contributed by atoms with van der Waals surface area (Å²) in [5.74, 6) is -0.110. The van der Waals surface area contributed by atoms with Crippen LogP contribution in [0.15, 0.2) is 36.4 Å². The number of aromatic nitrogens is 3. The third kappa shape index (κ3) is 10.0. The van der Waals surface area contributed by atoms with Gasteiger partial charge in [-0.05, 0) is 68.8 Å². The second kappa shape index (κ2) is 12.8. The Morgan fingerprint density at radius 3 is 1.40 bits per heavy atom. The van der Waals surface area contributed by atoms with E-state index in [0.29, 0.717) is 34.2 Å². The fourth-order valence-corrected chi connectivity index (χ4v) is 2.81. The Kier molecular flexibility index (Phi) is 10.6. The molecule has 0 aliphatic carbocycles. The maximum atomic E-state index is 11.5. The molecule has 1 amide bonds. The van der Waals surface area contributed by atoms with Gasteiger partial charge in [0.05, 0.1) is 5.56 Å². The number of aryl methyl sites for hydroxylation is 3. The number of carboxylic acids is 1. The molecule has 12 heteroatoms. The number of nitrogen functional groups attached to an aromatic ring is 3. The van der Waals surface area contributed by atoms with E-state index in [1.165, 1.54) is 23.1 Å². The minimum absolute atomic E-state index is 0.0581. The van der Waals surface area contributed by atoms with Gasteiger partial charge < -0.3 is 27.2 Å². The topological polar surface area (TPSA) is 191 Å². The zero-order valence-electron chi connectivity index (χ0n) is 20.0. The van der Waals surface area contributed by atoms with E-state index in [0.717, 1.165) is 5.69 Å². The number of amides is 1. The van der Waals surface area contributed by atoms with Crippen molar-refractivity contribution in [3.05, 3.63) is 70.2 Å². The van der Waals surface area contributed by atoms with Crippen LogP contribution in [0.1, 0.15) is 48.2 Å². The minimum atomic E-state index is -0.984. The van der Waals surface area contributed by atoms with Crippen LogP contribution in [0.25, 0.3) is 0 Å². The smallest absolute Gasteiger partial charge is 0.335 e. The molecule has 3 rings (SSSR count). The molecule has 0 aliphatic heterocycles. The summed E-state index contributed by atoms with van der Waals surface area (Å²) in [7, 11) is 3.41. The summed E-state index contributed by atoms with van der Waals surface area (Å²) in [6.45, 7) is 5.26. The number of halogens is 1. The highest BCUT2D eigenvalue weighted by Crippen LogP contribution is 2.10. The van der Waals surface area contributed by atoms with Gasteiger partial charge in [0.25, 0.3) is 11.1 Å². The van der Waals surface area contributed by atoms with E-state index >= 15 is 0 Å². The van der Waals surface area contributed by atoms with Gasteiger partial charge in [0.2, 0.25) is 0 Å². The zero-order valence-corrected chi connectivity index (χ0v) is 20.8. The van der Waals surface area contributed by atoms with Gasteiger partial charge >= 0.3 is 5.97 Å². The normalized spacial score (nSPS) is 9.66. The lowest BCUT2D eigenvalue weighted by atomic mass is 10.2. The first kappa shape index (κ1) is 28.8. The molecule has 7 N–H and O–H groups in total. The van der Waals surface area contributed by atoms with Crippen molar-refractivity contribution in [2.45, 2.75) is 20.8 Å². The van der Waals surface area contributed by atoms with Gasteiger partial charge in [-0.3, -0.25) is 9.59 Å². The van der Waals surface area contributed by atoms with Crippen molar-refractivity contribution < 1.29 is 19.5 Å². The van der Waals surface area contributed by atoms with E-state index in [-0.39, 0.29) is 17.3 Å². The van der Waals surface area contributed by atoms with E-state index in [4.69, 9.17) is 33.9 Å². The number of carboxylic acid groups (broad SMARTS) is 1. The summed E-state index contributed by atoms with van der Waals surface area (Å²) < 4.78 is 0. The molecule has 3 aromatic heterocycles. The molecule has 0 radical (unpaired) electrons. The molecule has 0 spiro atoms. The van der Waals surface area contributed by atoms with Crippen LogP contribution in [0.4, 0.5) is 17.5 Å². The Labute approximate surface area is 207 Å². The highest BCUT2D eigenvalue weighted by molar-refractivity contribution is 6.67. The zero-order chi connectivity index (χ0) is 26.9. The third-order valence-electron chi connectivity index (χ3n) is 4.05. The number of nitrogens with two attached hydrogens (primary N) is 3. The first-order chi connectivity index (χ1) is 16.2. The first-order valence-electron chi connectivity index (χ1n) is 10.1. The van der Waals surface area contributed by atoms with Gasteiger partial charge in [0, 0.05) is 42.3 Å². The van der Waals surface area contributed by atoms with Crippen LogP contribution in [-0.2, 0) is 0 Å². The molecule has 186 valence electrons. The monoisotopic (exact) mass is 501 g/mol. The van der Waals surface area contributed by atoms with E-state index in [1.54, 1.807) is 46.1 Å². The Bertz CT molecular complexity index is 1110. The molecule has 3 aromatic rings. The lowest BCUT2D eigenvalue weighted by molar-refractivity contribution is 0.0696. The summed E-state index contributed by atoms with van der Waals surface area (Å²) in [6, 6.07) is 9.14. The summed E-state index contributed by atoms with van der Waals surface area (Å²) in [6.07, 6.45) is 0. The Morgan fingerprint density at radius 1 is 0.714 bits per heavy atom. The predicted octanol–water partition coefficient (Wildman–Crippen LogP) is 2.70. The van der Waals surface area contributed by atoms with Gasteiger partial charge in [0.15, 0.2) is 0 Å². The first-order valence-corrected chi connectivity index (χ1v) is 10.4. The molecule has 11 nitrogen and oxygen atoms in total. The molecule has 35 heavy (non-hydrogen) atoms. The van der Waals surface area contributed by atoms with Gasteiger partial charge in [0.1, 0.15) is 17.5 Å². The van der Waals surface area contributed by atoms with Crippen molar-refractivity contribution in [3.8, 4) is 0 Å². The van der Waals surface area contributed by atoms with Crippen molar-refractivity contribution in [1.82, 2.24) is 19.9 Å². The van der Waals surface area contributed by atoms with Gasteiger partial charge in [-0.1, -0.05) is 0 Å². The number of nitrogens with zero attached hydrogens (tertiary/aromatic N) is 4. The highest BCUT2D eigenvalue weighted by atomic mass is 35.5. The SMILES string of the molecule is Cc1cc(C(=O)Cl)cc(N)n1.Cc1cc(C(=O)N(C)C)cc(N)n1.Cc1cc(C(=O)O)cc(N)n1. The Balaban J connectivity index is 0.000000264. The standard InChI is InChI=1S/C9H13N3O.C7H7ClN2O.C7H8N2O2/c1-6-4-7(5-8(10)11-6)9(13)12(2)3;1-4-2-5(7(8)11)3-6(9)10-4;1-4-2-5(7(10)11)3-6(8)9-4/h4-5H,1-3H3,(H2,10,11);2-3H,1H3,(H2,9,10);2-3H,1H3,(H2,8,9)(H,10,11). The van der Waals surface area contributed by atoms with Crippen molar-refractivity contribution in [2.75, 3.05) is 31.3 Å². The number of hydrogen-bond donors (Lipinski definition) is 4. The molecule has 0 saturated heterocycles. The number of anilines is 3. The fraction of sp³-hybridized carbons (Fsp3) is 0.217. The van der Waals surface area contributed by atoms with Crippen LogP contribution in [0, 0.1) is 20.8 Å². The number of carbonyl (C=O) groups excluding carboxylic acids is 2. The maximum absolute atomic E-state index is 11.5. The predicted molar refractivity (Wildman–Crippen MR) is 135 cm³/mol. The quantitative estimate of drug-likeness (QED) is 0.387. The van der Waals surface area contributed by atoms with Crippen molar-refractivity contribution in [2.24, 2.45) is 0 Å². The number of aromatic carboxylic acids is 1. The van der Waals surface area contributed by atoms with Gasteiger partial charge in [-0.15, -0.1) is 0 Å². The molecular formula is C23H28ClN7O4. The van der Waals surface area contributed by atoms with E-state index < -0.39 is 11.2 Å². The molecule has 0 fully saturated rings. The Hall–Kier alpha value is -4.25. The summed E-state index contributed by atoms with van der Waals surface area (Å²) in [4.78, 5) is 45.8. The second-order valence-corrected chi connectivity index (χ2v) is 7.89. The van der Waals surface area contributed by atoms with Crippen molar-refractivity contribution >= 4 is 46.2 Å². The lowest BCUT2D eigenvalue weighted by Crippen LogP contribution is -2.22. The summed E-state index contributed by atoms with van der Waals surface area (Å²) >= 11 is 5.22. The summed E-state index contributed by atoms with van der Waals surface area (Å²) in [5, 5.41) is 8.04. The van der Waals surface area contributed by atoms with Crippen LogP contribution in [0.2, 0.25) is 0 Å². The lowest BCUT2D eigenvalue weighted by Gasteiger charge is -2.10. The second-order valence-electron chi connectivity index (χ2n) is 7.54. The van der Waals surface area contributed by atoms with E-state index in [1.807, 2.05) is 6.92 Å². The average Bonchev–Trinajstić information content (AvgIpc) is 2.72. The molecule has 0 aliphatic rings. The Morgan fingerprint density at radius 2 is 1.06 bits per heavy atom. The molecule has 0 bridgehead atoms. The highest BCUT2D eigenvalue weighted by Gasteiger charge is 2.09. The van der Waals surface area contributed by atoms with Gasteiger partial charge in [-0.2, -0.15) is 0 Å². The van der Waals surface area contributed by atoms with Crippen LogP contribution in [0.5, 0.6) is 0 Å². The molecule has 0 aromatic carbocycles. The van der Waals surface area contributed by atoms with Crippen LogP contribution < -0.4 is 17.2 Å². The molecular weight excluding hydrogens is 474 g/mol. The molecule has 3 heterocycles. The van der Waals surface area contributed by atoms with Crippen LogP contribution in [-0.4, -0.2) is 56.2 Å². The maximum Gasteiger partial charge on any atom is 0.335 e. The number of hydrogen-bond acceptors (Lipinski definition) is 9. The van der Waals surface area contributed by atoms with Crippen molar-refractivity contribution in [1.29, 1.82) is 0 Å². The molecule has 0 saturated carbocycles. The fourth-order valence-electron chi connectivity index (χ4n) is 2.70. The van der Waals surface area contributed by atoms with E-state index in [2.05, 4.69) is 15.0 Å². The number of carbonyl (C=O) groups is 3. The van der Waals surface area contributed by atoms with Gasteiger partial charge in [-0.25, -0.2) is 19.7 Å². The average molecular weight is 502 g/mol. The largest absolute Gasteiger partial charge is 0.478 e. The molecule has 0 unspecified atom stereocenters. The third-order valence-corrected chi connectivity index (χ3v) is 4.26. The number of rotatable bonds is 3. The number of pyridine rings is 3. The molecule has 0 atom stereocenters. The summed E-state index contributed by atoms with van der Waals surface area (Å²) in [5.41, 5.74) is 19.4. The van der Waals surface area contributed by atoms with Crippen LogP contribution in [0.3, 0.4) is 0 Å².